The van der Waals surface area contributed by atoms with Crippen molar-refractivity contribution < 1.29 is 17.9 Å². The van der Waals surface area contributed by atoms with E-state index in [9.17, 15) is 8.42 Å². The first kappa shape index (κ1) is 14.9. The average molecular weight is 319 g/mol. The van der Waals surface area contributed by atoms with Crippen LogP contribution in [0.4, 0.5) is 0 Å². The van der Waals surface area contributed by atoms with Crippen LogP contribution in [-0.2, 0) is 16.6 Å². The maximum atomic E-state index is 12.4. The summed E-state index contributed by atoms with van der Waals surface area (Å²) in [7, 11) is -3.59. The number of sulfonamides is 1. The smallest absolute Gasteiger partial charge is 0.241 e. The first-order valence-corrected chi connectivity index (χ1v) is 8.48. The fraction of sp³-hybridized carbons (Fsp3) is 0.250. The molecule has 5 nitrogen and oxygen atoms in total. The number of ether oxygens (including phenoxy) is 2. The van der Waals surface area contributed by atoms with Gasteiger partial charge in [-0.2, -0.15) is 0 Å². The largest absolute Gasteiger partial charge is 0.486 e. The van der Waals surface area contributed by atoms with E-state index in [4.69, 9.17) is 9.47 Å². The van der Waals surface area contributed by atoms with Crippen molar-refractivity contribution in [2.45, 2.75) is 18.4 Å². The Morgan fingerprint density at radius 2 is 1.82 bits per heavy atom. The summed E-state index contributed by atoms with van der Waals surface area (Å²) in [5.74, 6) is 1.04. The Kier molecular flexibility index (Phi) is 4.04. The molecule has 116 valence electrons. The van der Waals surface area contributed by atoms with Gasteiger partial charge in [0.25, 0.3) is 0 Å². The van der Waals surface area contributed by atoms with Crippen molar-refractivity contribution in [1.82, 2.24) is 4.72 Å². The van der Waals surface area contributed by atoms with Gasteiger partial charge in [0.2, 0.25) is 10.0 Å². The van der Waals surface area contributed by atoms with Crippen LogP contribution in [0.15, 0.2) is 47.4 Å². The van der Waals surface area contributed by atoms with Gasteiger partial charge in [0.1, 0.15) is 13.2 Å². The topological polar surface area (TPSA) is 64.6 Å². The van der Waals surface area contributed by atoms with E-state index in [0.29, 0.717) is 24.7 Å². The first-order valence-electron chi connectivity index (χ1n) is 6.99. The third-order valence-electron chi connectivity index (χ3n) is 3.37. The highest BCUT2D eigenvalue weighted by atomic mass is 32.2. The molecule has 0 bridgehead atoms. The third kappa shape index (κ3) is 3.23. The lowest BCUT2D eigenvalue weighted by atomic mass is 10.1. The van der Waals surface area contributed by atoms with Crippen LogP contribution in [0.5, 0.6) is 11.5 Å². The fourth-order valence-electron chi connectivity index (χ4n) is 2.27. The molecule has 0 saturated carbocycles. The van der Waals surface area contributed by atoms with E-state index in [0.717, 1.165) is 11.1 Å². The van der Waals surface area contributed by atoms with Gasteiger partial charge in [-0.3, -0.25) is 0 Å². The van der Waals surface area contributed by atoms with Gasteiger partial charge in [-0.15, -0.1) is 0 Å². The van der Waals surface area contributed by atoms with Gasteiger partial charge < -0.3 is 9.47 Å². The molecule has 2 aromatic rings. The normalized spacial score (nSPS) is 13.9. The van der Waals surface area contributed by atoms with Crippen molar-refractivity contribution in [3.05, 3.63) is 53.6 Å². The fourth-order valence-corrected chi connectivity index (χ4v) is 3.31. The van der Waals surface area contributed by atoms with Crippen molar-refractivity contribution in [1.29, 1.82) is 0 Å². The lowest BCUT2D eigenvalue weighted by molar-refractivity contribution is 0.171. The van der Waals surface area contributed by atoms with E-state index in [1.54, 1.807) is 6.07 Å². The summed E-state index contributed by atoms with van der Waals surface area (Å²) in [6.45, 7) is 3.12. The van der Waals surface area contributed by atoms with Gasteiger partial charge in [0.15, 0.2) is 11.5 Å². The van der Waals surface area contributed by atoms with E-state index in [1.807, 2.05) is 31.2 Å². The molecule has 22 heavy (non-hydrogen) atoms. The quantitative estimate of drug-likeness (QED) is 0.939. The Morgan fingerprint density at radius 1 is 1.05 bits per heavy atom. The maximum absolute atomic E-state index is 12.4. The summed E-state index contributed by atoms with van der Waals surface area (Å²) in [6, 6.07) is 12.3. The molecule has 0 aromatic heterocycles. The average Bonchev–Trinajstić information content (AvgIpc) is 2.53. The molecular weight excluding hydrogens is 302 g/mol. The Labute approximate surface area is 129 Å². The van der Waals surface area contributed by atoms with E-state index in [1.165, 1.54) is 12.1 Å². The van der Waals surface area contributed by atoms with Gasteiger partial charge in [-0.25, -0.2) is 13.1 Å². The molecule has 6 heteroatoms. The predicted molar refractivity (Wildman–Crippen MR) is 82.6 cm³/mol. The van der Waals surface area contributed by atoms with Gasteiger partial charge in [0, 0.05) is 12.6 Å². The van der Waals surface area contributed by atoms with Crippen LogP contribution in [0.3, 0.4) is 0 Å². The lowest BCUT2D eigenvalue weighted by Crippen LogP contribution is -2.24. The van der Waals surface area contributed by atoms with Crippen LogP contribution in [0.25, 0.3) is 0 Å². The van der Waals surface area contributed by atoms with Gasteiger partial charge in [-0.1, -0.05) is 29.8 Å². The summed E-state index contributed by atoms with van der Waals surface area (Å²) >= 11 is 0. The maximum Gasteiger partial charge on any atom is 0.241 e. The molecule has 2 aromatic carbocycles. The van der Waals surface area contributed by atoms with Gasteiger partial charge >= 0.3 is 0 Å². The number of benzene rings is 2. The minimum absolute atomic E-state index is 0.171. The Hall–Kier alpha value is -2.05. The number of aryl methyl sites for hydroxylation is 1. The predicted octanol–water partition coefficient (Wildman–Crippen LogP) is 2.24. The SMILES string of the molecule is Cc1cccc(CNS(=O)(=O)c2ccc3c(c2)OCCO3)c1. The van der Waals surface area contributed by atoms with Gasteiger partial charge in [0.05, 0.1) is 4.90 Å². The van der Waals surface area contributed by atoms with Crippen LogP contribution in [0.1, 0.15) is 11.1 Å². The second kappa shape index (κ2) is 5.98. The summed E-state index contributed by atoms with van der Waals surface area (Å²) < 4.78 is 38.2. The van der Waals surface area contributed by atoms with Crippen LogP contribution in [-0.4, -0.2) is 21.6 Å². The molecule has 0 unspecified atom stereocenters. The molecule has 3 rings (SSSR count). The van der Waals surface area contributed by atoms with Crippen molar-refractivity contribution in [3.8, 4) is 11.5 Å². The van der Waals surface area contributed by atoms with E-state index >= 15 is 0 Å². The lowest BCUT2D eigenvalue weighted by Gasteiger charge is -2.19. The summed E-state index contributed by atoms with van der Waals surface area (Å²) in [4.78, 5) is 0.171. The number of rotatable bonds is 4. The second-order valence-electron chi connectivity index (χ2n) is 5.12. The first-order chi connectivity index (χ1) is 10.5. The minimum atomic E-state index is -3.59. The molecule has 1 aliphatic rings. The second-order valence-corrected chi connectivity index (χ2v) is 6.89. The minimum Gasteiger partial charge on any atom is -0.486 e. The van der Waals surface area contributed by atoms with Crippen LogP contribution < -0.4 is 14.2 Å². The molecular formula is C16H17NO4S. The zero-order chi connectivity index (χ0) is 15.6. The van der Waals surface area contributed by atoms with E-state index < -0.39 is 10.0 Å². The molecule has 1 N–H and O–H groups in total. The molecule has 0 amide bonds. The van der Waals surface area contributed by atoms with Gasteiger partial charge in [-0.05, 0) is 24.6 Å². The summed E-state index contributed by atoms with van der Waals surface area (Å²) in [6.07, 6.45) is 0. The van der Waals surface area contributed by atoms with Crippen molar-refractivity contribution >= 4 is 10.0 Å². The molecule has 0 radical (unpaired) electrons. The number of fused-ring (bicyclic) bond motifs is 1. The molecule has 0 aliphatic carbocycles. The Balaban J connectivity index is 1.78. The van der Waals surface area contributed by atoms with E-state index in [-0.39, 0.29) is 11.4 Å². The number of hydrogen-bond donors (Lipinski definition) is 1. The molecule has 0 atom stereocenters. The molecule has 1 aliphatic heterocycles. The van der Waals surface area contributed by atoms with Crippen LogP contribution in [0.2, 0.25) is 0 Å². The van der Waals surface area contributed by atoms with Crippen molar-refractivity contribution in [2.24, 2.45) is 0 Å². The van der Waals surface area contributed by atoms with Crippen molar-refractivity contribution in [2.75, 3.05) is 13.2 Å². The highest BCUT2D eigenvalue weighted by Gasteiger charge is 2.19. The Bertz CT molecular complexity index is 786. The summed E-state index contributed by atoms with van der Waals surface area (Å²) in [5.41, 5.74) is 2.01. The third-order valence-corrected chi connectivity index (χ3v) is 4.77. The van der Waals surface area contributed by atoms with Crippen LogP contribution in [0, 0.1) is 6.92 Å². The monoisotopic (exact) mass is 319 g/mol. The molecule has 1 heterocycles. The van der Waals surface area contributed by atoms with Crippen molar-refractivity contribution in [3.63, 3.8) is 0 Å². The van der Waals surface area contributed by atoms with Crippen LogP contribution >= 0.6 is 0 Å². The molecule has 0 fully saturated rings. The Morgan fingerprint density at radius 3 is 2.59 bits per heavy atom. The molecule has 0 saturated heterocycles. The standard InChI is InChI=1S/C16H17NO4S/c1-12-3-2-4-13(9-12)11-17-22(18,19)14-5-6-15-16(10-14)21-8-7-20-15/h2-6,9-10,17H,7-8,11H2,1H3. The van der Waals surface area contributed by atoms with E-state index in [2.05, 4.69) is 4.72 Å². The zero-order valence-corrected chi connectivity index (χ0v) is 13.0. The highest BCUT2D eigenvalue weighted by molar-refractivity contribution is 7.89. The number of hydrogen-bond acceptors (Lipinski definition) is 4. The zero-order valence-electron chi connectivity index (χ0n) is 12.2. The number of nitrogens with one attached hydrogen (secondary N) is 1. The molecule has 0 spiro atoms. The highest BCUT2D eigenvalue weighted by Crippen LogP contribution is 2.32. The summed E-state index contributed by atoms with van der Waals surface area (Å²) in [5, 5.41) is 0.